The first-order valence-corrected chi connectivity index (χ1v) is 8.69. The molecule has 11 nitrogen and oxygen atoms in total. The number of hydrogen-bond donors (Lipinski definition) is 5. The summed E-state index contributed by atoms with van der Waals surface area (Å²) >= 11 is 0. The van der Waals surface area contributed by atoms with E-state index >= 15 is 0 Å². The van der Waals surface area contributed by atoms with Crippen LogP contribution in [-0.2, 0) is 24.0 Å². The highest BCUT2D eigenvalue weighted by Crippen LogP contribution is 2.20. The molecule has 0 radical (unpaired) electrons. The third-order valence-corrected chi connectivity index (χ3v) is 4.29. The Kier molecular flexibility index (Phi) is 8.16. The molecular formula is C16H27N5O6. The summed E-state index contributed by atoms with van der Waals surface area (Å²) < 4.78 is 0. The van der Waals surface area contributed by atoms with Gasteiger partial charge in [-0.15, -0.1) is 0 Å². The summed E-state index contributed by atoms with van der Waals surface area (Å²) in [4.78, 5) is 60.6. The molecule has 1 heterocycles. The van der Waals surface area contributed by atoms with Crippen molar-refractivity contribution in [3.8, 4) is 0 Å². The molecule has 152 valence electrons. The normalized spacial score (nSPS) is 18.7. The molecule has 27 heavy (non-hydrogen) atoms. The van der Waals surface area contributed by atoms with Crippen LogP contribution in [0.5, 0.6) is 0 Å². The highest BCUT2D eigenvalue weighted by molar-refractivity contribution is 5.96. The molecule has 0 saturated carbocycles. The summed E-state index contributed by atoms with van der Waals surface area (Å²) in [5.41, 5.74) is 10.4. The number of carbonyl (C=O) groups is 5. The lowest BCUT2D eigenvalue weighted by Gasteiger charge is -2.29. The molecule has 0 aromatic heterocycles. The van der Waals surface area contributed by atoms with Crippen LogP contribution >= 0.6 is 0 Å². The standard InChI is InChI=1S/C16H27N5O6/c1-8(2)13(16(26)27)20-14(24)10-4-3-5-21(10)15(25)9(6-11(18)22)19-12(23)7-17/h8-10,13H,3-7,17H2,1-2H3,(H2,18,22)(H,19,23)(H,20,24)(H,26,27)/t9-,10-,13-/m0/s1. The maximum absolute atomic E-state index is 12.8. The van der Waals surface area contributed by atoms with E-state index in [0.29, 0.717) is 12.8 Å². The van der Waals surface area contributed by atoms with Crippen LogP contribution in [0, 0.1) is 5.92 Å². The molecule has 4 amide bonds. The highest BCUT2D eigenvalue weighted by atomic mass is 16.4. The van der Waals surface area contributed by atoms with Gasteiger partial charge in [0.1, 0.15) is 18.1 Å². The molecule has 1 aliphatic heterocycles. The number of carboxylic acid groups (broad SMARTS) is 1. The van der Waals surface area contributed by atoms with Crippen LogP contribution in [-0.4, -0.2) is 70.8 Å². The second kappa shape index (κ2) is 9.86. The molecule has 0 spiro atoms. The fourth-order valence-corrected chi connectivity index (χ4v) is 2.92. The van der Waals surface area contributed by atoms with Crippen LogP contribution in [0.1, 0.15) is 33.1 Å². The molecule has 1 rings (SSSR count). The number of likely N-dealkylation sites (tertiary alicyclic amines) is 1. The van der Waals surface area contributed by atoms with Gasteiger partial charge in [-0.2, -0.15) is 0 Å². The first-order valence-electron chi connectivity index (χ1n) is 8.69. The summed E-state index contributed by atoms with van der Waals surface area (Å²) in [5.74, 6) is -4.17. The molecule has 0 unspecified atom stereocenters. The topological polar surface area (TPSA) is 185 Å². The van der Waals surface area contributed by atoms with Crippen molar-refractivity contribution in [1.29, 1.82) is 0 Å². The summed E-state index contributed by atoms with van der Waals surface area (Å²) in [6, 6.07) is -3.20. The number of hydrogen-bond acceptors (Lipinski definition) is 6. The second-order valence-electron chi connectivity index (χ2n) is 6.75. The average Bonchev–Trinajstić information content (AvgIpc) is 3.06. The van der Waals surface area contributed by atoms with Crippen molar-refractivity contribution in [2.45, 2.75) is 51.2 Å². The Labute approximate surface area is 156 Å². The van der Waals surface area contributed by atoms with Crippen LogP contribution in [0.2, 0.25) is 0 Å². The number of nitrogens with two attached hydrogens (primary N) is 2. The van der Waals surface area contributed by atoms with Crippen LogP contribution < -0.4 is 22.1 Å². The van der Waals surface area contributed by atoms with E-state index in [4.69, 9.17) is 11.5 Å². The number of nitrogens with one attached hydrogen (secondary N) is 2. The second-order valence-corrected chi connectivity index (χ2v) is 6.75. The number of rotatable bonds is 9. The summed E-state index contributed by atoms with van der Waals surface area (Å²) in [6.07, 6.45) is 0.437. The van der Waals surface area contributed by atoms with Crippen molar-refractivity contribution in [1.82, 2.24) is 15.5 Å². The van der Waals surface area contributed by atoms with E-state index in [0.717, 1.165) is 0 Å². The van der Waals surface area contributed by atoms with Crippen LogP contribution in [0.15, 0.2) is 0 Å². The zero-order valence-electron chi connectivity index (χ0n) is 15.4. The van der Waals surface area contributed by atoms with Crippen LogP contribution in [0.25, 0.3) is 0 Å². The maximum atomic E-state index is 12.8. The quantitative estimate of drug-likeness (QED) is 0.291. The van der Waals surface area contributed by atoms with E-state index in [1.165, 1.54) is 4.90 Å². The summed E-state index contributed by atoms with van der Waals surface area (Å²) in [7, 11) is 0. The lowest BCUT2D eigenvalue weighted by molar-refractivity contribution is -0.146. The minimum Gasteiger partial charge on any atom is -0.480 e. The van der Waals surface area contributed by atoms with Gasteiger partial charge < -0.3 is 32.1 Å². The number of carbonyl (C=O) groups excluding carboxylic acids is 4. The molecule has 0 aliphatic carbocycles. The smallest absolute Gasteiger partial charge is 0.326 e. The van der Waals surface area contributed by atoms with Gasteiger partial charge in [-0.05, 0) is 18.8 Å². The number of carboxylic acids is 1. The van der Waals surface area contributed by atoms with Crippen LogP contribution in [0.3, 0.4) is 0 Å². The lowest BCUT2D eigenvalue weighted by atomic mass is 10.0. The Bertz CT molecular complexity index is 608. The molecule has 0 bridgehead atoms. The van der Waals surface area contributed by atoms with Gasteiger partial charge >= 0.3 is 5.97 Å². The molecule has 1 aliphatic rings. The van der Waals surface area contributed by atoms with E-state index in [9.17, 15) is 29.1 Å². The third-order valence-electron chi connectivity index (χ3n) is 4.29. The maximum Gasteiger partial charge on any atom is 0.326 e. The van der Waals surface area contributed by atoms with Gasteiger partial charge in [0.05, 0.1) is 13.0 Å². The number of amides is 4. The molecule has 11 heteroatoms. The number of aliphatic carboxylic acids is 1. The summed E-state index contributed by atoms with van der Waals surface area (Å²) in [6.45, 7) is 3.18. The lowest BCUT2D eigenvalue weighted by Crippen LogP contribution is -2.57. The van der Waals surface area contributed by atoms with Gasteiger partial charge in [-0.3, -0.25) is 19.2 Å². The average molecular weight is 385 g/mol. The fraction of sp³-hybridized carbons (Fsp3) is 0.688. The summed E-state index contributed by atoms with van der Waals surface area (Å²) in [5, 5.41) is 14.0. The zero-order chi connectivity index (χ0) is 20.7. The van der Waals surface area contributed by atoms with Gasteiger partial charge in [-0.25, -0.2) is 4.79 Å². The Morgan fingerprint density at radius 1 is 1.19 bits per heavy atom. The zero-order valence-corrected chi connectivity index (χ0v) is 15.4. The number of nitrogens with zero attached hydrogens (tertiary/aromatic N) is 1. The van der Waals surface area contributed by atoms with E-state index in [1.807, 2.05) is 0 Å². The van der Waals surface area contributed by atoms with Gasteiger partial charge in [0.15, 0.2) is 0 Å². The largest absolute Gasteiger partial charge is 0.480 e. The molecular weight excluding hydrogens is 358 g/mol. The third kappa shape index (κ3) is 6.20. The minimum atomic E-state index is -1.23. The Morgan fingerprint density at radius 2 is 1.81 bits per heavy atom. The predicted molar refractivity (Wildman–Crippen MR) is 93.9 cm³/mol. The van der Waals surface area contributed by atoms with E-state index in [2.05, 4.69) is 10.6 Å². The van der Waals surface area contributed by atoms with E-state index in [-0.39, 0.29) is 19.0 Å². The first-order chi connectivity index (χ1) is 12.6. The molecule has 1 saturated heterocycles. The van der Waals surface area contributed by atoms with Crippen molar-refractivity contribution < 1.29 is 29.1 Å². The van der Waals surface area contributed by atoms with Gasteiger partial charge in [0.2, 0.25) is 23.6 Å². The molecule has 7 N–H and O–H groups in total. The predicted octanol–water partition coefficient (Wildman–Crippen LogP) is -2.48. The fourth-order valence-electron chi connectivity index (χ4n) is 2.92. The van der Waals surface area contributed by atoms with Crippen molar-refractivity contribution >= 4 is 29.6 Å². The van der Waals surface area contributed by atoms with Gasteiger partial charge in [0.25, 0.3) is 0 Å². The molecule has 0 aromatic carbocycles. The minimum absolute atomic E-state index is 0.240. The van der Waals surface area contributed by atoms with Gasteiger partial charge in [0, 0.05) is 6.54 Å². The molecule has 0 aromatic rings. The molecule has 3 atom stereocenters. The van der Waals surface area contributed by atoms with E-state index < -0.39 is 54.1 Å². The van der Waals surface area contributed by atoms with Crippen molar-refractivity contribution in [3.05, 3.63) is 0 Å². The van der Waals surface area contributed by atoms with Crippen molar-refractivity contribution in [3.63, 3.8) is 0 Å². The monoisotopic (exact) mass is 385 g/mol. The SMILES string of the molecule is CC(C)[C@H](NC(=O)[C@@H]1CCCN1C(=O)[C@H](CC(N)=O)NC(=O)CN)C(=O)O. The first kappa shape index (κ1) is 22.4. The Balaban J connectivity index is 2.93. The Morgan fingerprint density at radius 3 is 2.30 bits per heavy atom. The van der Waals surface area contributed by atoms with Crippen LogP contribution in [0.4, 0.5) is 0 Å². The Hall–Kier alpha value is -2.69. The van der Waals surface area contributed by atoms with Crippen molar-refractivity contribution in [2.75, 3.05) is 13.1 Å². The molecule has 1 fully saturated rings. The van der Waals surface area contributed by atoms with Gasteiger partial charge in [-0.1, -0.05) is 13.8 Å². The van der Waals surface area contributed by atoms with E-state index in [1.54, 1.807) is 13.8 Å². The van der Waals surface area contributed by atoms with Crippen molar-refractivity contribution in [2.24, 2.45) is 17.4 Å². The highest BCUT2D eigenvalue weighted by Gasteiger charge is 2.39. The number of primary amides is 1.